The lowest BCUT2D eigenvalue weighted by Crippen LogP contribution is -2.19. The van der Waals surface area contributed by atoms with Crippen molar-refractivity contribution in [1.82, 2.24) is 5.32 Å². The minimum absolute atomic E-state index is 0. The minimum atomic E-state index is -0.433. The molecule has 1 aromatic carbocycles. The van der Waals surface area contributed by atoms with Crippen LogP contribution in [0.1, 0.15) is 11.6 Å². The second-order valence-corrected chi connectivity index (χ2v) is 3.74. The van der Waals surface area contributed by atoms with E-state index >= 15 is 0 Å². The third-order valence-corrected chi connectivity index (χ3v) is 2.78. The van der Waals surface area contributed by atoms with Gasteiger partial charge in [0.2, 0.25) is 0 Å². The summed E-state index contributed by atoms with van der Waals surface area (Å²) in [5.41, 5.74) is 0.793. The number of alkyl carbamates (subject to hydrolysis) is 1. The standard InChI is InChI=1S/C12H15NO5.ClH/c1-15-9-5-11(17-3)10(16-2)4-7(9)8-6-18-12(14)13-8;/h4-5,8H,6H2,1-3H3,(H,13,14);1H/t8-;/m1./s1. The highest BCUT2D eigenvalue weighted by Gasteiger charge is 2.27. The summed E-state index contributed by atoms with van der Waals surface area (Å²) < 4.78 is 20.6. The number of cyclic esters (lactones) is 1. The summed E-state index contributed by atoms with van der Waals surface area (Å²) >= 11 is 0. The number of rotatable bonds is 4. The van der Waals surface area contributed by atoms with Crippen molar-refractivity contribution in [3.05, 3.63) is 17.7 Å². The Morgan fingerprint density at radius 2 is 1.68 bits per heavy atom. The molecule has 19 heavy (non-hydrogen) atoms. The van der Waals surface area contributed by atoms with Gasteiger partial charge in [-0.3, -0.25) is 0 Å². The molecule has 1 N–H and O–H groups in total. The fraction of sp³-hybridized carbons (Fsp3) is 0.417. The Balaban J connectivity index is 0.00000180. The second kappa shape index (κ2) is 6.38. The van der Waals surface area contributed by atoms with Crippen LogP contribution in [0.25, 0.3) is 0 Å². The Morgan fingerprint density at radius 3 is 2.16 bits per heavy atom. The second-order valence-electron chi connectivity index (χ2n) is 3.74. The lowest BCUT2D eigenvalue weighted by atomic mass is 10.1. The Hall–Kier alpha value is -1.82. The van der Waals surface area contributed by atoms with Gasteiger partial charge in [-0.05, 0) is 6.07 Å². The average Bonchev–Trinajstić information content (AvgIpc) is 2.83. The fourth-order valence-corrected chi connectivity index (χ4v) is 1.88. The van der Waals surface area contributed by atoms with Gasteiger partial charge in [-0.2, -0.15) is 0 Å². The molecule has 1 heterocycles. The number of halogens is 1. The number of nitrogens with one attached hydrogen (secondary N) is 1. The molecule has 0 bridgehead atoms. The number of carbonyl (C=O) groups excluding carboxylic acids is 1. The molecular formula is C12H16ClNO5. The van der Waals surface area contributed by atoms with Gasteiger partial charge in [0.15, 0.2) is 11.5 Å². The molecular weight excluding hydrogens is 274 g/mol. The number of benzene rings is 1. The molecule has 6 nitrogen and oxygen atoms in total. The molecule has 2 rings (SSSR count). The molecule has 7 heteroatoms. The molecule has 1 aromatic rings. The van der Waals surface area contributed by atoms with Gasteiger partial charge >= 0.3 is 6.09 Å². The van der Waals surface area contributed by atoms with Crippen LogP contribution in [0.2, 0.25) is 0 Å². The predicted molar refractivity (Wildman–Crippen MR) is 70.6 cm³/mol. The third kappa shape index (κ3) is 2.96. The van der Waals surface area contributed by atoms with E-state index in [-0.39, 0.29) is 25.1 Å². The van der Waals surface area contributed by atoms with E-state index in [0.717, 1.165) is 5.56 Å². The molecule has 1 amide bonds. The van der Waals surface area contributed by atoms with E-state index in [9.17, 15) is 4.79 Å². The van der Waals surface area contributed by atoms with Crippen molar-refractivity contribution in [3.63, 3.8) is 0 Å². The highest BCUT2D eigenvalue weighted by molar-refractivity contribution is 5.85. The first-order valence-electron chi connectivity index (χ1n) is 5.42. The van der Waals surface area contributed by atoms with Crippen LogP contribution in [-0.2, 0) is 4.74 Å². The minimum Gasteiger partial charge on any atom is -0.496 e. The molecule has 0 saturated carbocycles. The number of carbonyl (C=O) groups is 1. The summed E-state index contributed by atoms with van der Waals surface area (Å²) in [5.74, 6) is 1.77. The fourth-order valence-electron chi connectivity index (χ4n) is 1.88. The van der Waals surface area contributed by atoms with Crippen molar-refractivity contribution in [2.75, 3.05) is 27.9 Å². The van der Waals surface area contributed by atoms with Crippen LogP contribution in [0.4, 0.5) is 4.79 Å². The summed E-state index contributed by atoms with van der Waals surface area (Å²) in [4.78, 5) is 11.1. The highest BCUT2D eigenvalue weighted by atomic mass is 35.5. The van der Waals surface area contributed by atoms with Crippen LogP contribution >= 0.6 is 12.4 Å². The number of ether oxygens (including phenoxy) is 4. The van der Waals surface area contributed by atoms with E-state index < -0.39 is 6.09 Å². The molecule has 0 aliphatic carbocycles. The van der Waals surface area contributed by atoms with Crippen molar-refractivity contribution < 1.29 is 23.7 Å². The van der Waals surface area contributed by atoms with Gasteiger partial charge in [0, 0.05) is 11.6 Å². The molecule has 1 atom stereocenters. The first-order valence-corrected chi connectivity index (χ1v) is 5.42. The van der Waals surface area contributed by atoms with Gasteiger partial charge in [0.05, 0.1) is 27.4 Å². The van der Waals surface area contributed by atoms with Crippen LogP contribution in [0.3, 0.4) is 0 Å². The van der Waals surface area contributed by atoms with Crippen LogP contribution in [0.5, 0.6) is 17.2 Å². The Labute approximate surface area is 117 Å². The van der Waals surface area contributed by atoms with E-state index in [4.69, 9.17) is 18.9 Å². The Morgan fingerprint density at radius 1 is 1.11 bits per heavy atom. The van der Waals surface area contributed by atoms with Crippen molar-refractivity contribution in [3.8, 4) is 17.2 Å². The molecule has 1 aliphatic rings. The third-order valence-electron chi connectivity index (χ3n) is 2.78. The zero-order valence-electron chi connectivity index (χ0n) is 10.9. The maximum atomic E-state index is 11.1. The van der Waals surface area contributed by atoms with Gasteiger partial charge in [0.25, 0.3) is 0 Å². The smallest absolute Gasteiger partial charge is 0.407 e. The van der Waals surface area contributed by atoms with E-state index in [1.807, 2.05) is 0 Å². The zero-order valence-corrected chi connectivity index (χ0v) is 11.7. The molecule has 0 aromatic heterocycles. The molecule has 1 fully saturated rings. The first kappa shape index (κ1) is 15.2. The SMILES string of the molecule is COc1cc(OC)c([C@H]2COC(=O)N2)cc1OC.Cl. The number of hydrogen-bond donors (Lipinski definition) is 1. The summed E-state index contributed by atoms with van der Waals surface area (Å²) in [6.45, 7) is 0.269. The molecule has 0 unspecified atom stereocenters. The molecule has 1 aliphatic heterocycles. The number of methoxy groups -OCH3 is 3. The maximum Gasteiger partial charge on any atom is 0.407 e. The van der Waals surface area contributed by atoms with E-state index in [1.54, 1.807) is 33.5 Å². The topological polar surface area (TPSA) is 66.0 Å². The van der Waals surface area contributed by atoms with Gasteiger partial charge < -0.3 is 24.3 Å². The molecule has 0 spiro atoms. The Bertz CT molecular complexity index is 466. The van der Waals surface area contributed by atoms with Gasteiger partial charge in [0.1, 0.15) is 12.4 Å². The van der Waals surface area contributed by atoms with Crippen LogP contribution in [0.15, 0.2) is 12.1 Å². The van der Waals surface area contributed by atoms with Crippen molar-refractivity contribution in [1.29, 1.82) is 0 Å². The summed E-state index contributed by atoms with van der Waals surface area (Å²) in [6, 6.07) is 3.25. The molecule has 106 valence electrons. The first-order chi connectivity index (χ1) is 8.69. The predicted octanol–water partition coefficient (Wildman–Crippen LogP) is 1.92. The summed E-state index contributed by atoms with van der Waals surface area (Å²) in [5, 5.41) is 2.70. The van der Waals surface area contributed by atoms with E-state index in [2.05, 4.69) is 5.32 Å². The Kier molecular flexibility index (Phi) is 5.11. The zero-order chi connectivity index (χ0) is 13.1. The molecule has 0 radical (unpaired) electrons. The van der Waals surface area contributed by atoms with Crippen molar-refractivity contribution >= 4 is 18.5 Å². The normalized spacial score (nSPS) is 17.0. The largest absolute Gasteiger partial charge is 0.496 e. The maximum absolute atomic E-state index is 11.1. The quantitative estimate of drug-likeness (QED) is 0.917. The van der Waals surface area contributed by atoms with Gasteiger partial charge in [-0.25, -0.2) is 4.79 Å². The number of amides is 1. The van der Waals surface area contributed by atoms with E-state index in [0.29, 0.717) is 17.2 Å². The van der Waals surface area contributed by atoms with Crippen LogP contribution < -0.4 is 19.5 Å². The van der Waals surface area contributed by atoms with E-state index in [1.165, 1.54) is 0 Å². The summed E-state index contributed by atoms with van der Waals surface area (Å²) in [6.07, 6.45) is -0.433. The number of hydrogen-bond acceptors (Lipinski definition) is 5. The van der Waals surface area contributed by atoms with Crippen molar-refractivity contribution in [2.24, 2.45) is 0 Å². The lowest BCUT2D eigenvalue weighted by Gasteiger charge is -2.16. The van der Waals surface area contributed by atoms with Gasteiger partial charge in [-0.1, -0.05) is 0 Å². The van der Waals surface area contributed by atoms with Crippen molar-refractivity contribution in [2.45, 2.75) is 6.04 Å². The lowest BCUT2D eigenvalue weighted by molar-refractivity contribution is 0.176. The van der Waals surface area contributed by atoms with Crippen LogP contribution in [0, 0.1) is 0 Å². The highest BCUT2D eigenvalue weighted by Crippen LogP contribution is 2.38. The van der Waals surface area contributed by atoms with Gasteiger partial charge in [-0.15, -0.1) is 12.4 Å². The summed E-state index contributed by atoms with van der Waals surface area (Å²) in [7, 11) is 4.66. The monoisotopic (exact) mass is 289 g/mol. The average molecular weight is 290 g/mol. The molecule has 1 saturated heterocycles. The van der Waals surface area contributed by atoms with Crippen LogP contribution in [-0.4, -0.2) is 34.0 Å².